The van der Waals surface area contributed by atoms with Crippen LogP contribution in [0.25, 0.3) is 0 Å². The fourth-order valence-corrected chi connectivity index (χ4v) is 2.59. The fraction of sp³-hybridized carbons (Fsp3) is 0.667. The average Bonchev–Trinajstić information content (AvgIpc) is 2.44. The third-order valence-electron chi connectivity index (χ3n) is 4.05. The van der Waals surface area contributed by atoms with E-state index in [1.807, 2.05) is 19.1 Å². The molecule has 0 spiro atoms. The van der Waals surface area contributed by atoms with Gasteiger partial charge in [-0.3, -0.25) is 0 Å². The Kier molecular flexibility index (Phi) is 9.40. The van der Waals surface area contributed by atoms with Crippen molar-refractivity contribution in [2.45, 2.75) is 71.3 Å². The van der Waals surface area contributed by atoms with Gasteiger partial charge in [0.2, 0.25) is 0 Å². The van der Waals surface area contributed by atoms with E-state index < -0.39 is 27.9 Å². The Balaban J connectivity index is 0.00000178. The summed E-state index contributed by atoms with van der Waals surface area (Å²) in [5, 5.41) is 24.8. The van der Waals surface area contributed by atoms with Gasteiger partial charge in [-0.1, -0.05) is 32.9 Å². The largest absolute Gasteiger partial charge is 0.482 e. The quantitative estimate of drug-likeness (QED) is 0.669. The van der Waals surface area contributed by atoms with E-state index in [0.29, 0.717) is 6.61 Å². The summed E-state index contributed by atoms with van der Waals surface area (Å²) in [6, 6.07) is 8.10. The highest BCUT2D eigenvalue weighted by Gasteiger charge is 2.42. The van der Waals surface area contributed by atoms with Gasteiger partial charge in [0.05, 0.1) is 6.61 Å². The van der Waals surface area contributed by atoms with E-state index in [9.17, 15) is 5.11 Å². The minimum absolute atomic E-state index is 0.116. The molecule has 0 aliphatic carbocycles. The van der Waals surface area contributed by atoms with Crippen molar-refractivity contribution in [3.63, 3.8) is 0 Å². The molecule has 0 amide bonds. The summed E-state index contributed by atoms with van der Waals surface area (Å²) in [5.41, 5.74) is -0.410. The van der Waals surface area contributed by atoms with Crippen LogP contribution < -0.4 is 4.74 Å². The van der Waals surface area contributed by atoms with Crippen molar-refractivity contribution in [1.82, 2.24) is 0 Å². The van der Waals surface area contributed by atoms with Crippen molar-refractivity contribution in [3.8, 4) is 5.75 Å². The molecule has 7 heteroatoms. The van der Waals surface area contributed by atoms with Gasteiger partial charge in [-0.2, -0.15) is 0 Å². The first-order chi connectivity index (χ1) is 11.3. The number of aliphatic hydroxyl groups is 1. The predicted octanol–water partition coefficient (Wildman–Crippen LogP) is 2.13. The lowest BCUT2D eigenvalue weighted by Gasteiger charge is -2.41. The topological polar surface area (TPSA) is 79.2 Å². The minimum atomic E-state index is -1.17. The number of hydrogen-bond donors (Lipinski definition) is 3. The highest BCUT2D eigenvalue weighted by Crippen LogP contribution is 2.31. The summed E-state index contributed by atoms with van der Waals surface area (Å²) in [5.74, 6) is 0.756. The van der Waals surface area contributed by atoms with E-state index in [1.165, 1.54) is 5.56 Å². The second kappa shape index (κ2) is 9.73. The van der Waals surface area contributed by atoms with Crippen molar-refractivity contribution in [2.75, 3.05) is 6.61 Å². The van der Waals surface area contributed by atoms with Gasteiger partial charge in [-0.15, -0.1) is 0 Å². The highest BCUT2D eigenvalue weighted by molar-refractivity contribution is 6.48. The number of benzene rings is 1. The van der Waals surface area contributed by atoms with E-state index in [2.05, 4.69) is 46.0 Å². The molecule has 144 valence electrons. The molecule has 0 heterocycles. The highest BCUT2D eigenvalue weighted by atomic mass is 28.3. The van der Waals surface area contributed by atoms with Gasteiger partial charge in [0, 0.05) is 0 Å². The Morgan fingerprint density at radius 3 is 1.72 bits per heavy atom. The molecule has 0 saturated carbocycles. The predicted molar refractivity (Wildman–Crippen MR) is 107 cm³/mol. The van der Waals surface area contributed by atoms with Crippen LogP contribution in [0.1, 0.15) is 47.1 Å². The van der Waals surface area contributed by atoms with Gasteiger partial charge >= 0.3 is 7.69 Å². The van der Waals surface area contributed by atoms with E-state index in [1.54, 1.807) is 13.8 Å². The smallest absolute Gasteiger partial charge is 0.432 e. The molecule has 0 aliphatic heterocycles. The van der Waals surface area contributed by atoms with Crippen LogP contribution in [0.5, 0.6) is 5.75 Å². The molecular formula is C18H35BO5Si. The van der Waals surface area contributed by atoms with Crippen LogP contribution in [-0.4, -0.2) is 49.7 Å². The lowest BCUT2D eigenvalue weighted by Crippen LogP contribution is -2.56. The fourth-order valence-electron chi connectivity index (χ4n) is 1.94. The molecule has 1 atom stereocenters. The molecule has 0 radical (unpaired) electrons. The lowest BCUT2D eigenvalue weighted by atomic mass is 9.86. The first-order valence-electron chi connectivity index (χ1n) is 8.62. The lowest BCUT2D eigenvalue weighted by molar-refractivity contribution is -0.121. The van der Waals surface area contributed by atoms with Crippen LogP contribution in [0.15, 0.2) is 24.3 Å². The van der Waals surface area contributed by atoms with E-state index in [-0.39, 0.29) is 5.41 Å². The molecule has 5 nitrogen and oxygen atoms in total. The SMILES string of the molecule is C[SiH](C)OCC(C)(Oc1ccc(C(C)(C)C)cc1)C(C)(C)O.OBO. The first-order valence-corrected chi connectivity index (χ1v) is 11.4. The molecule has 0 fully saturated rings. The molecule has 3 N–H and O–H groups in total. The van der Waals surface area contributed by atoms with Gasteiger partial charge in [-0.05, 0) is 57.0 Å². The van der Waals surface area contributed by atoms with Crippen molar-refractivity contribution in [1.29, 1.82) is 0 Å². The van der Waals surface area contributed by atoms with Crippen molar-refractivity contribution >= 4 is 16.7 Å². The van der Waals surface area contributed by atoms with Gasteiger partial charge in [0.25, 0.3) is 0 Å². The van der Waals surface area contributed by atoms with Crippen LogP contribution in [0.4, 0.5) is 0 Å². The Morgan fingerprint density at radius 2 is 1.40 bits per heavy atom. The Hall–Kier alpha value is -0.858. The maximum absolute atomic E-state index is 10.5. The van der Waals surface area contributed by atoms with E-state index in [4.69, 9.17) is 19.2 Å². The molecule has 1 aromatic rings. The van der Waals surface area contributed by atoms with E-state index >= 15 is 0 Å². The van der Waals surface area contributed by atoms with Gasteiger partial charge < -0.3 is 24.3 Å². The number of rotatable bonds is 6. The molecule has 0 saturated heterocycles. The third-order valence-corrected chi connectivity index (χ3v) is 4.88. The standard InChI is InChI=1S/C18H32O3Si.BH3O2/c1-16(2,3)14-9-11-15(12-10-14)21-18(6,17(4,5)19)13-20-22(7)8;2-1-3/h9-12,19,22H,13H2,1-8H3;1-3H. The molecule has 25 heavy (non-hydrogen) atoms. The zero-order chi connectivity index (χ0) is 19.9. The van der Waals surface area contributed by atoms with E-state index in [0.717, 1.165) is 5.75 Å². The summed E-state index contributed by atoms with van der Waals surface area (Å²) in [7, 11) is -1.92. The number of ether oxygens (including phenoxy) is 1. The Morgan fingerprint density at radius 1 is 0.960 bits per heavy atom. The van der Waals surface area contributed by atoms with Gasteiger partial charge in [0.15, 0.2) is 14.6 Å². The summed E-state index contributed by atoms with van der Waals surface area (Å²) in [6.07, 6.45) is 0. The summed E-state index contributed by atoms with van der Waals surface area (Å²) in [6.45, 7) is 16.6. The Labute approximate surface area is 155 Å². The second-order valence-electron chi connectivity index (χ2n) is 8.17. The molecule has 0 bridgehead atoms. The van der Waals surface area contributed by atoms with Crippen LogP contribution in [0.2, 0.25) is 13.1 Å². The first kappa shape index (κ1) is 24.1. The molecule has 1 aromatic carbocycles. The van der Waals surface area contributed by atoms with Crippen molar-refractivity contribution in [3.05, 3.63) is 29.8 Å². The minimum Gasteiger partial charge on any atom is -0.482 e. The van der Waals surface area contributed by atoms with Gasteiger partial charge in [0.1, 0.15) is 11.4 Å². The van der Waals surface area contributed by atoms with Crippen LogP contribution >= 0.6 is 0 Å². The molecule has 1 unspecified atom stereocenters. The average molecular weight is 370 g/mol. The molecule has 0 aliphatic rings. The van der Waals surface area contributed by atoms with Crippen molar-refractivity contribution in [2.24, 2.45) is 0 Å². The summed E-state index contributed by atoms with van der Waals surface area (Å²) < 4.78 is 12.0. The third kappa shape index (κ3) is 8.38. The maximum Gasteiger partial charge on any atom is 0.432 e. The maximum atomic E-state index is 10.5. The zero-order valence-electron chi connectivity index (χ0n) is 17.0. The van der Waals surface area contributed by atoms with Crippen molar-refractivity contribution < 1.29 is 24.3 Å². The molecule has 1 rings (SSSR count). The summed E-state index contributed by atoms with van der Waals surface area (Å²) >= 11 is 0. The van der Waals surface area contributed by atoms with Crippen LogP contribution in [0.3, 0.4) is 0 Å². The monoisotopic (exact) mass is 370 g/mol. The Bertz CT molecular complexity index is 494. The van der Waals surface area contributed by atoms with Gasteiger partial charge in [-0.25, -0.2) is 0 Å². The normalized spacial score (nSPS) is 14.4. The molecule has 0 aromatic heterocycles. The number of hydrogen-bond acceptors (Lipinski definition) is 5. The zero-order valence-corrected chi connectivity index (χ0v) is 18.1. The van der Waals surface area contributed by atoms with Crippen LogP contribution in [0, 0.1) is 0 Å². The second-order valence-corrected chi connectivity index (χ2v) is 10.6. The molecular weight excluding hydrogens is 335 g/mol. The summed E-state index contributed by atoms with van der Waals surface area (Å²) in [4.78, 5) is 0. The van der Waals surface area contributed by atoms with Crippen LogP contribution in [-0.2, 0) is 9.84 Å².